The molecular weight excluding hydrogens is 270 g/mol. The predicted molar refractivity (Wildman–Crippen MR) is 83.0 cm³/mol. The molecular formula is C15H23N3O3. The van der Waals surface area contributed by atoms with Gasteiger partial charge in [0.05, 0.1) is 17.6 Å². The monoisotopic (exact) mass is 293 g/mol. The smallest absolute Gasteiger partial charge is 0.275 e. The van der Waals surface area contributed by atoms with Crippen molar-refractivity contribution in [2.24, 2.45) is 0 Å². The predicted octanol–water partition coefficient (Wildman–Crippen LogP) is 2.94. The van der Waals surface area contributed by atoms with Crippen LogP contribution >= 0.6 is 0 Å². The molecule has 6 heteroatoms. The van der Waals surface area contributed by atoms with Gasteiger partial charge in [-0.2, -0.15) is 0 Å². The van der Waals surface area contributed by atoms with Crippen molar-refractivity contribution in [2.75, 3.05) is 25.0 Å². The Balaban J connectivity index is 1.86. The minimum absolute atomic E-state index is 0.0576. The Kier molecular flexibility index (Phi) is 5.80. The van der Waals surface area contributed by atoms with Gasteiger partial charge in [-0.15, -0.1) is 0 Å². The molecule has 116 valence electrons. The molecule has 2 rings (SSSR count). The number of hydrogen-bond donors (Lipinski definition) is 2. The fourth-order valence-corrected chi connectivity index (χ4v) is 2.01. The van der Waals surface area contributed by atoms with E-state index >= 15 is 0 Å². The largest absolute Gasteiger partial charge is 0.493 e. The number of hydrogen-bond acceptors (Lipinski definition) is 5. The number of ether oxygens (including phenoxy) is 1. The number of anilines is 1. The Bertz CT molecular complexity index is 475. The van der Waals surface area contributed by atoms with Crippen LogP contribution in [-0.4, -0.2) is 30.7 Å². The molecule has 1 aliphatic carbocycles. The van der Waals surface area contributed by atoms with Crippen LogP contribution < -0.4 is 15.4 Å². The van der Waals surface area contributed by atoms with Crippen molar-refractivity contribution in [1.29, 1.82) is 0 Å². The topological polar surface area (TPSA) is 76.4 Å². The van der Waals surface area contributed by atoms with E-state index in [0.717, 1.165) is 37.7 Å². The van der Waals surface area contributed by atoms with E-state index in [1.165, 1.54) is 18.9 Å². The molecule has 1 aromatic carbocycles. The number of nitrogens with one attached hydrogen (secondary N) is 2. The van der Waals surface area contributed by atoms with Gasteiger partial charge in [0.2, 0.25) is 0 Å². The molecule has 1 aromatic rings. The van der Waals surface area contributed by atoms with Crippen LogP contribution in [0.1, 0.15) is 32.6 Å². The minimum atomic E-state index is -0.390. The quantitative estimate of drug-likeness (QED) is 0.394. The summed E-state index contributed by atoms with van der Waals surface area (Å²) in [6.07, 6.45) is 4.44. The number of non-ortho nitro benzene ring substituents is 1. The minimum Gasteiger partial charge on any atom is -0.493 e. The maximum Gasteiger partial charge on any atom is 0.275 e. The van der Waals surface area contributed by atoms with E-state index in [-0.39, 0.29) is 5.69 Å². The van der Waals surface area contributed by atoms with Gasteiger partial charge in [-0.25, -0.2) is 0 Å². The molecule has 1 saturated carbocycles. The Morgan fingerprint density at radius 1 is 1.33 bits per heavy atom. The van der Waals surface area contributed by atoms with Crippen molar-refractivity contribution in [2.45, 2.75) is 38.6 Å². The third-order valence-electron chi connectivity index (χ3n) is 3.27. The molecule has 0 heterocycles. The summed E-state index contributed by atoms with van der Waals surface area (Å²) in [6.45, 7) is 4.33. The van der Waals surface area contributed by atoms with Gasteiger partial charge in [0, 0.05) is 30.4 Å². The summed E-state index contributed by atoms with van der Waals surface area (Å²) in [5.74, 6) is 0.546. The summed E-state index contributed by atoms with van der Waals surface area (Å²) in [6, 6.07) is 5.55. The molecule has 0 atom stereocenters. The van der Waals surface area contributed by atoms with Gasteiger partial charge in [0.1, 0.15) is 5.75 Å². The van der Waals surface area contributed by atoms with Gasteiger partial charge in [0.25, 0.3) is 5.69 Å². The first-order valence-electron chi connectivity index (χ1n) is 7.58. The Hall–Kier alpha value is -1.82. The second kappa shape index (κ2) is 7.83. The zero-order chi connectivity index (χ0) is 15.1. The summed E-state index contributed by atoms with van der Waals surface area (Å²) in [4.78, 5) is 10.6. The number of nitro groups is 1. The van der Waals surface area contributed by atoms with E-state index in [0.29, 0.717) is 12.4 Å². The lowest BCUT2D eigenvalue weighted by Crippen LogP contribution is -2.19. The lowest BCUT2D eigenvalue weighted by atomic mass is 10.2. The van der Waals surface area contributed by atoms with Gasteiger partial charge < -0.3 is 15.4 Å². The van der Waals surface area contributed by atoms with E-state index < -0.39 is 4.92 Å². The number of nitrogens with zero attached hydrogens (tertiary/aromatic N) is 1. The molecule has 0 aliphatic heterocycles. The average molecular weight is 293 g/mol. The highest BCUT2D eigenvalue weighted by Gasteiger charge is 2.19. The van der Waals surface area contributed by atoms with E-state index in [1.807, 2.05) is 13.0 Å². The standard InChI is InChI=1S/C15H23N3O3/c1-2-8-21-15-10-13(9-14(11-15)18(19)20)17-7-3-6-16-12-4-5-12/h9-12,16-17H,2-8H2,1H3. The molecule has 0 bridgehead atoms. The second-order valence-corrected chi connectivity index (χ2v) is 5.33. The highest BCUT2D eigenvalue weighted by atomic mass is 16.6. The summed E-state index contributed by atoms with van der Waals surface area (Å²) in [7, 11) is 0. The van der Waals surface area contributed by atoms with Crippen molar-refractivity contribution in [3.8, 4) is 5.75 Å². The Morgan fingerprint density at radius 3 is 2.81 bits per heavy atom. The highest BCUT2D eigenvalue weighted by Crippen LogP contribution is 2.26. The Morgan fingerprint density at radius 2 is 2.14 bits per heavy atom. The van der Waals surface area contributed by atoms with Crippen molar-refractivity contribution in [1.82, 2.24) is 5.32 Å². The lowest BCUT2D eigenvalue weighted by Gasteiger charge is -2.10. The van der Waals surface area contributed by atoms with Gasteiger partial charge in [-0.1, -0.05) is 6.92 Å². The molecule has 0 amide bonds. The highest BCUT2D eigenvalue weighted by molar-refractivity contribution is 5.56. The second-order valence-electron chi connectivity index (χ2n) is 5.33. The molecule has 0 spiro atoms. The van der Waals surface area contributed by atoms with Crippen LogP contribution in [0.5, 0.6) is 5.75 Å². The van der Waals surface area contributed by atoms with Crippen LogP contribution in [0.2, 0.25) is 0 Å². The van der Waals surface area contributed by atoms with Gasteiger partial charge >= 0.3 is 0 Å². The normalized spacial score (nSPS) is 14.0. The van der Waals surface area contributed by atoms with Crippen LogP contribution in [0.25, 0.3) is 0 Å². The van der Waals surface area contributed by atoms with E-state index in [2.05, 4.69) is 10.6 Å². The zero-order valence-corrected chi connectivity index (χ0v) is 12.4. The fourth-order valence-electron chi connectivity index (χ4n) is 2.01. The van der Waals surface area contributed by atoms with E-state index in [9.17, 15) is 10.1 Å². The van der Waals surface area contributed by atoms with Crippen LogP contribution in [-0.2, 0) is 0 Å². The zero-order valence-electron chi connectivity index (χ0n) is 12.4. The third-order valence-corrected chi connectivity index (χ3v) is 3.27. The molecule has 0 radical (unpaired) electrons. The molecule has 6 nitrogen and oxygen atoms in total. The number of benzene rings is 1. The maximum absolute atomic E-state index is 10.9. The molecule has 2 N–H and O–H groups in total. The molecule has 21 heavy (non-hydrogen) atoms. The Labute approximate surface area is 125 Å². The van der Waals surface area contributed by atoms with E-state index in [1.54, 1.807) is 6.07 Å². The van der Waals surface area contributed by atoms with Crippen molar-refractivity contribution < 1.29 is 9.66 Å². The molecule has 1 aliphatic rings. The SMILES string of the molecule is CCCOc1cc(NCCCNC2CC2)cc([N+](=O)[O-])c1. The van der Waals surface area contributed by atoms with E-state index in [4.69, 9.17) is 4.74 Å². The van der Waals surface area contributed by atoms with Crippen molar-refractivity contribution in [3.63, 3.8) is 0 Å². The van der Waals surface area contributed by atoms with Crippen molar-refractivity contribution >= 4 is 11.4 Å². The number of rotatable bonds is 10. The first-order chi connectivity index (χ1) is 10.2. The van der Waals surface area contributed by atoms with Gasteiger partial charge in [-0.3, -0.25) is 10.1 Å². The van der Waals surface area contributed by atoms with Crippen LogP contribution in [0.3, 0.4) is 0 Å². The first-order valence-corrected chi connectivity index (χ1v) is 7.58. The number of nitro benzene ring substituents is 1. The van der Waals surface area contributed by atoms with Crippen LogP contribution in [0, 0.1) is 10.1 Å². The summed E-state index contributed by atoms with van der Waals surface area (Å²) >= 11 is 0. The van der Waals surface area contributed by atoms with Gasteiger partial charge in [0.15, 0.2) is 0 Å². The van der Waals surface area contributed by atoms with Gasteiger partial charge in [-0.05, 0) is 32.2 Å². The third kappa shape index (κ3) is 5.59. The summed E-state index contributed by atoms with van der Waals surface area (Å²) in [5.41, 5.74) is 0.795. The average Bonchev–Trinajstić information content (AvgIpc) is 3.28. The summed E-state index contributed by atoms with van der Waals surface area (Å²) in [5, 5.41) is 17.6. The lowest BCUT2D eigenvalue weighted by molar-refractivity contribution is -0.384. The first kappa shape index (κ1) is 15.6. The maximum atomic E-state index is 10.9. The molecule has 0 aromatic heterocycles. The molecule has 0 saturated heterocycles. The van der Waals surface area contributed by atoms with Crippen molar-refractivity contribution in [3.05, 3.63) is 28.3 Å². The summed E-state index contributed by atoms with van der Waals surface area (Å²) < 4.78 is 5.50. The molecule has 1 fully saturated rings. The van der Waals surface area contributed by atoms with Crippen LogP contribution in [0.4, 0.5) is 11.4 Å². The fraction of sp³-hybridized carbons (Fsp3) is 0.600. The van der Waals surface area contributed by atoms with Crippen LogP contribution in [0.15, 0.2) is 18.2 Å². The molecule has 0 unspecified atom stereocenters.